The molecule has 5 aromatic rings. The fraction of sp³-hybridized carbons (Fsp3) is 0.162. The summed E-state index contributed by atoms with van der Waals surface area (Å²) >= 11 is 1.44. The average molecular weight is 619 g/mol. The summed E-state index contributed by atoms with van der Waals surface area (Å²) in [6.07, 6.45) is 0.862. The maximum absolute atomic E-state index is 13.1. The molecule has 0 bridgehead atoms. The van der Waals surface area contributed by atoms with Crippen LogP contribution in [0.2, 0.25) is 0 Å². The molecule has 2 N–H and O–H groups in total. The number of aliphatic carboxylic acids is 1. The van der Waals surface area contributed by atoms with Crippen molar-refractivity contribution in [3.8, 4) is 5.75 Å². The second kappa shape index (κ2) is 15.5. The number of carbonyl (C=O) groups excluding carboxylic acids is 2. The first-order chi connectivity index (χ1) is 22.0. The first kappa shape index (κ1) is 31.2. The summed E-state index contributed by atoms with van der Waals surface area (Å²) in [6, 6.07) is 35.9. The van der Waals surface area contributed by atoms with Gasteiger partial charge in [-0.3, -0.25) is 9.59 Å². The van der Waals surface area contributed by atoms with E-state index in [0.29, 0.717) is 53.6 Å². The summed E-state index contributed by atoms with van der Waals surface area (Å²) < 4.78 is 5.96. The molecule has 1 heterocycles. The van der Waals surface area contributed by atoms with Gasteiger partial charge in [-0.15, -0.1) is 11.3 Å². The number of thiophene rings is 1. The van der Waals surface area contributed by atoms with Gasteiger partial charge in [0.05, 0.1) is 11.5 Å². The molecule has 4 aromatic carbocycles. The van der Waals surface area contributed by atoms with Crippen molar-refractivity contribution in [3.05, 3.63) is 154 Å². The SMILES string of the molecule is O=C(c1ccccc1)c1ccccc1NC(Cc1ccc(OCCCN(Cc2ccccc2)C(=O)c2cccs2)cc1)C(=O)O. The predicted molar refractivity (Wildman–Crippen MR) is 177 cm³/mol. The van der Waals surface area contributed by atoms with E-state index in [1.165, 1.54) is 11.3 Å². The summed E-state index contributed by atoms with van der Waals surface area (Å²) in [6.45, 7) is 1.49. The summed E-state index contributed by atoms with van der Waals surface area (Å²) in [7, 11) is 0. The van der Waals surface area contributed by atoms with Crippen molar-refractivity contribution in [2.75, 3.05) is 18.5 Å². The molecule has 5 rings (SSSR count). The Hall–Kier alpha value is -5.21. The number of carboxylic acids is 1. The molecule has 0 aliphatic carbocycles. The molecule has 1 atom stereocenters. The van der Waals surface area contributed by atoms with E-state index in [4.69, 9.17) is 4.74 Å². The van der Waals surface area contributed by atoms with Crippen LogP contribution in [-0.2, 0) is 17.8 Å². The summed E-state index contributed by atoms with van der Waals surface area (Å²) in [5.74, 6) is -0.527. The standard InChI is InChI=1S/C37H34N2O5S/c40-35(29-13-5-2-6-14-29)31-15-7-8-16-32(31)38-33(37(42)43)25-27-18-20-30(21-19-27)44-23-10-22-39(26-28-11-3-1-4-12-28)36(41)34-17-9-24-45-34/h1-9,11-21,24,33,38H,10,22-23,25-26H2,(H,42,43). The van der Waals surface area contributed by atoms with Gasteiger partial charge in [0.1, 0.15) is 11.8 Å². The van der Waals surface area contributed by atoms with Crippen LogP contribution in [-0.4, -0.2) is 46.9 Å². The second-order valence-electron chi connectivity index (χ2n) is 10.5. The number of ketones is 1. The third-order valence-electron chi connectivity index (χ3n) is 7.28. The highest BCUT2D eigenvalue weighted by molar-refractivity contribution is 7.12. The summed E-state index contributed by atoms with van der Waals surface area (Å²) in [5.41, 5.74) is 3.30. The number of nitrogens with one attached hydrogen (secondary N) is 1. The van der Waals surface area contributed by atoms with E-state index in [1.807, 2.05) is 83.1 Å². The second-order valence-corrected chi connectivity index (χ2v) is 11.5. The molecular formula is C37H34N2O5S. The lowest BCUT2D eigenvalue weighted by molar-refractivity contribution is -0.137. The molecule has 8 heteroatoms. The van der Waals surface area contributed by atoms with Gasteiger partial charge < -0.3 is 20.1 Å². The molecular weight excluding hydrogens is 584 g/mol. The van der Waals surface area contributed by atoms with Crippen LogP contribution in [0.1, 0.15) is 43.1 Å². The maximum Gasteiger partial charge on any atom is 0.326 e. The molecule has 0 spiro atoms. The molecule has 0 saturated heterocycles. The van der Waals surface area contributed by atoms with Gasteiger partial charge in [-0.05, 0) is 53.3 Å². The quantitative estimate of drug-likeness (QED) is 0.0952. The fourth-order valence-corrected chi connectivity index (χ4v) is 5.65. The molecule has 1 unspecified atom stereocenters. The number of hydrogen-bond donors (Lipinski definition) is 2. The molecule has 0 saturated carbocycles. The number of anilines is 1. The minimum Gasteiger partial charge on any atom is -0.494 e. The van der Waals surface area contributed by atoms with Gasteiger partial charge in [-0.2, -0.15) is 0 Å². The van der Waals surface area contributed by atoms with Gasteiger partial charge in [0, 0.05) is 36.3 Å². The number of carbonyl (C=O) groups is 3. The van der Waals surface area contributed by atoms with E-state index in [1.54, 1.807) is 48.5 Å². The Morgan fingerprint density at radius 2 is 1.47 bits per heavy atom. The molecule has 45 heavy (non-hydrogen) atoms. The van der Waals surface area contributed by atoms with Crippen LogP contribution < -0.4 is 10.1 Å². The number of nitrogens with zero attached hydrogens (tertiary/aromatic N) is 1. The lowest BCUT2D eigenvalue weighted by Gasteiger charge is -2.22. The van der Waals surface area contributed by atoms with Crippen molar-refractivity contribution in [3.63, 3.8) is 0 Å². The number of amides is 1. The number of benzene rings is 4. The van der Waals surface area contributed by atoms with Crippen molar-refractivity contribution in [1.29, 1.82) is 0 Å². The van der Waals surface area contributed by atoms with Crippen LogP contribution in [0.25, 0.3) is 0 Å². The molecule has 7 nitrogen and oxygen atoms in total. The minimum atomic E-state index is -1.02. The molecule has 228 valence electrons. The van der Waals surface area contributed by atoms with Crippen molar-refractivity contribution in [1.82, 2.24) is 4.90 Å². The van der Waals surface area contributed by atoms with Crippen molar-refractivity contribution in [2.24, 2.45) is 0 Å². The molecule has 0 radical (unpaired) electrons. The topological polar surface area (TPSA) is 95.9 Å². The van der Waals surface area contributed by atoms with Gasteiger partial charge in [-0.25, -0.2) is 4.79 Å². The summed E-state index contributed by atoms with van der Waals surface area (Å²) in [4.78, 5) is 41.0. The van der Waals surface area contributed by atoms with Crippen molar-refractivity contribution < 1.29 is 24.2 Å². The zero-order valence-electron chi connectivity index (χ0n) is 24.7. The van der Waals surface area contributed by atoms with Crippen LogP contribution in [0, 0.1) is 0 Å². The van der Waals surface area contributed by atoms with E-state index in [-0.39, 0.29) is 18.1 Å². The van der Waals surface area contributed by atoms with Crippen molar-refractivity contribution >= 4 is 34.7 Å². The fourth-order valence-electron chi connectivity index (χ4n) is 4.95. The Bertz CT molecular complexity index is 1690. The third kappa shape index (κ3) is 8.68. The monoisotopic (exact) mass is 618 g/mol. The molecule has 1 aromatic heterocycles. The number of para-hydroxylation sites is 1. The van der Waals surface area contributed by atoms with Gasteiger partial charge in [0.25, 0.3) is 5.91 Å². The first-order valence-electron chi connectivity index (χ1n) is 14.7. The van der Waals surface area contributed by atoms with Gasteiger partial charge in [0.15, 0.2) is 5.78 Å². The lowest BCUT2D eigenvalue weighted by Crippen LogP contribution is -2.32. The number of rotatable bonds is 15. The average Bonchev–Trinajstić information content (AvgIpc) is 3.62. The van der Waals surface area contributed by atoms with E-state index >= 15 is 0 Å². The summed E-state index contributed by atoms with van der Waals surface area (Å²) in [5, 5.41) is 14.9. The number of ether oxygens (including phenoxy) is 1. The highest BCUT2D eigenvalue weighted by Crippen LogP contribution is 2.22. The van der Waals surface area contributed by atoms with Crippen LogP contribution >= 0.6 is 11.3 Å². The molecule has 0 aliphatic rings. The third-order valence-corrected chi connectivity index (χ3v) is 8.13. The molecule has 0 fully saturated rings. The van der Waals surface area contributed by atoms with Crippen molar-refractivity contribution in [2.45, 2.75) is 25.4 Å². The number of hydrogen-bond acceptors (Lipinski definition) is 6. The Kier molecular flexibility index (Phi) is 10.8. The van der Waals surface area contributed by atoms with E-state index < -0.39 is 12.0 Å². The zero-order valence-corrected chi connectivity index (χ0v) is 25.5. The van der Waals surface area contributed by atoms with E-state index in [9.17, 15) is 19.5 Å². The predicted octanol–water partition coefficient (Wildman–Crippen LogP) is 7.20. The van der Waals surface area contributed by atoms with E-state index in [0.717, 1.165) is 11.1 Å². The van der Waals surface area contributed by atoms with Gasteiger partial charge in [0.2, 0.25) is 0 Å². The highest BCUT2D eigenvalue weighted by atomic mass is 32.1. The van der Waals surface area contributed by atoms with Gasteiger partial charge in [-0.1, -0.05) is 91.0 Å². The Balaban J connectivity index is 1.16. The smallest absolute Gasteiger partial charge is 0.326 e. The largest absolute Gasteiger partial charge is 0.494 e. The molecule has 0 aliphatic heterocycles. The Labute approximate surface area is 266 Å². The number of carboxylic acid groups (broad SMARTS) is 1. The van der Waals surface area contributed by atoms with Crippen LogP contribution in [0.15, 0.2) is 127 Å². The molecule has 1 amide bonds. The van der Waals surface area contributed by atoms with Crippen LogP contribution in [0.5, 0.6) is 5.75 Å². The normalized spacial score (nSPS) is 11.4. The zero-order chi connectivity index (χ0) is 31.4. The van der Waals surface area contributed by atoms with Crippen LogP contribution in [0.4, 0.5) is 5.69 Å². The Morgan fingerprint density at radius 3 is 2.16 bits per heavy atom. The lowest BCUT2D eigenvalue weighted by atomic mass is 10.00. The Morgan fingerprint density at radius 1 is 0.778 bits per heavy atom. The first-order valence-corrected chi connectivity index (χ1v) is 15.6. The minimum absolute atomic E-state index is 0.00635. The van der Waals surface area contributed by atoms with Gasteiger partial charge >= 0.3 is 5.97 Å². The van der Waals surface area contributed by atoms with Crippen LogP contribution in [0.3, 0.4) is 0 Å². The van der Waals surface area contributed by atoms with E-state index in [2.05, 4.69) is 5.32 Å². The maximum atomic E-state index is 13.1. The highest BCUT2D eigenvalue weighted by Gasteiger charge is 2.22.